The first-order chi connectivity index (χ1) is 7.74. The van der Waals surface area contributed by atoms with Gasteiger partial charge < -0.3 is 0 Å². The van der Waals surface area contributed by atoms with Crippen molar-refractivity contribution in [3.63, 3.8) is 0 Å². The quantitative estimate of drug-likeness (QED) is 0.733. The van der Waals surface area contributed by atoms with E-state index in [2.05, 4.69) is 18.7 Å². The van der Waals surface area contributed by atoms with Crippen molar-refractivity contribution in [1.29, 1.82) is 0 Å². The second kappa shape index (κ2) is 6.44. The van der Waals surface area contributed by atoms with Crippen molar-refractivity contribution >= 4 is 5.78 Å². The lowest BCUT2D eigenvalue weighted by Gasteiger charge is -2.28. The zero-order valence-electron chi connectivity index (χ0n) is 10.4. The molecule has 0 aliphatic rings. The predicted octanol–water partition coefficient (Wildman–Crippen LogP) is 3.05. The Morgan fingerprint density at radius 2 is 1.69 bits per heavy atom. The van der Waals surface area contributed by atoms with Crippen LogP contribution in [0.25, 0.3) is 0 Å². The molecule has 0 aromatic heterocycles. The van der Waals surface area contributed by atoms with Gasteiger partial charge in [-0.2, -0.15) is 0 Å². The highest BCUT2D eigenvalue weighted by Gasteiger charge is 2.23. The number of hydrogen-bond donors (Lipinski definition) is 0. The Morgan fingerprint density at radius 3 is 2.12 bits per heavy atom. The first-order valence-electron chi connectivity index (χ1n) is 6.06. The summed E-state index contributed by atoms with van der Waals surface area (Å²) in [6.07, 6.45) is 0.593. The minimum absolute atomic E-state index is 0.0683. The summed E-state index contributed by atoms with van der Waals surface area (Å²) in [7, 11) is 0. The topological polar surface area (TPSA) is 20.3 Å². The minimum Gasteiger partial charge on any atom is -0.298 e. The van der Waals surface area contributed by atoms with Crippen LogP contribution in [0.5, 0.6) is 0 Å². The van der Waals surface area contributed by atoms with Crippen LogP contribution in [-0.4, -0.2) is 23.8 Å². The van der Waals surface area contributed by atoms with Gasteiger partial charge in [-0.1, -0.05) is 51.1 Å². The Balaban J connectivity index is 3.00. The van der Waals surface area contributed by atoms with Crippen molar-refractivity contribution in [3.05, 3.63) is 35.9 Å². The highest BCUT2D eigenvalue weighted by atomic mass is 16.1. The molecule has 0 fully saturated rings. The van der Waals surface area contributed by atoms with Crippen LogP contribution in [0.1, 0.15) is 38.8 Å². The van der Waals surface area contributed by atoms with Gasteiger partial charge in [-0.05, 0) is 18.7 Å². The number of carbonyl (C=O) groups is 1. The summed E-state index contributed by atoms with van der Waals surface area (Å²) in [4.78, 5) is 14.2. The minimum atomic E-state index is -0.0683. The molecule has 0 aliphatic heterocycles. The average molecular weight is 219 g/mol. The highest BCUT2D eigenvalue weighted by Crippen LogP contribution is 2.22. The maximum Gasteiger partial charge on any atom is 0.154 e. The van der Waals surface area contributed by atoms with E-state index in [-0.39, 0.29) is 6.04 Å². The highest BCUT2D eigenvalue weighted by molar-refractivity contribution is 5.85. The largest absolute Gasteiger partial charge is 0.298 e. The van der Waals surface area contributed by atoms with Gasteiger partial charge in [-0.25, -0.2) is 0 Å². The molecule has 1 atom stereocenters. The maximum absolute atomic E-state index is 12.0. The van der Waals surface area contributed by atoms with E-state index in [1.165, 1.54) is 0 Å². The van der Waals surface area contributed by atoms with Crippen LogP contribution in [0.15, 0.2) is 30.3 Å². The van der Waals surface area contributed by atoms with E-state index in [1.807, 2.05) is 37.3 Å². The molecule has 0 saturated heterocycles. The number of likely N-dealkylation sites (N-methyl/N-ethyl adjacent to an activating group) is 1. The average Bonchev–Trinajstić information content (AvgIpc) is 2.36. The van der Waals surface area contributed by atoms with Gasteiger partial charge in [0.1, 0.15) is 0 Å². The summed E-state index contributed by atoms with van der Waals surface area (Å²) in [5, 5.41) is 0. The zero-order valence-corrected chi connectivity index (χ0v) is 10.4. The monoisotopic (exact) mass is 219 g/mol. The predicted molar refractivity (Wildman–Crippen MR) is 67.4 cm³/mol. The summed E-state index contributed by atoms with van der Waals surface area (Å²) in [5.74, 6) is 0.301. The Hall–Kier alpha value is -1.15. The van der Waals surface area contributed by atoms with Crippen molar-refractivity contribution in [3.8, 4) is 0 Å². The third-order valence-corrected chi connectivity index (χ3v) is 2.95. The fraction of sp³-hybridized carbons (Fsp3) is 0.500. The summed E-state index contributed by atoms with van der Waals surface area (Å²) in [5.41, 5.74) is 1.11. The van der Waals surface area contributed by atoms with E-state index in [0.29, 0.717) is 12.2 Å². The SMILES string of the molecule is CCC(=O)[C@@H](c1ccccc1)N(CC)CC. The molecular weight excluding hydrogens is 198 g/mol. The summed E-state index contributed by atoms with van der Waals surface area (Å²) < 4.78 is 0. The first-order valence-corrected chi connectivity index (χ1v) is 6.06. The molecule has 0 unspecified atom stereocenters. The van der Waals surface area contributed by atoms with E-state index < -0.39 is 0 Å². The molecule has 0 heterocycles. The lowest BCUT2D eigenvalue weighted by molar-refractivity contribution is -0.124. The van der Waals surface area contributed by atoms with E-state index in [4.69, 9.17) is 0 Å². The number of ketones is 1. The fourth-order valence-electron chi connectivity index (χ4n) is 2.02. The molecule has 1 aromatic carbocycles. The van der Waals surface area contributed by atoms with Crippen molar-refractivity contribution in [2.45, 2.75) is 33.2 Å². The normalized spacial score (nSPS) is 12.8. The van der Waals surface area contributed by atoms with Crippen molar-refractivity contribution < 1.29 is 4.79 Å². The second-order valence-corrected chi connectivity index (χ2v) is 3.85. The Bertz CT molecular complexity index is 317. The van der Waals surface area contributed by atoms with Crippen LogP contribution in [-0.2, 0) is 4.79 Å². The van der Waals surface area contributed by atoms with Gasteiger partial charge in [-0.3, -0.25) is 9.69 Å². The zero-order chi connectivity index (χ0) is 12.0. The van der Waals surface area contributed by atoms with Gasteiger partial charge in [0, 0.05) is 6.42 Å². The number of Topliss-reactive ketones (excluding diaryl/α,β-unsaturated/α-hetero) is 1. The molecule has 0 amide bonds. The summed E-state index contributed by atoms with van der Waals surface area (Å²) in [6, 6.07) is 9.98. The smallest absolute Gasteiger partial charge is 0.154 e. The second-order valence-electron chi connectivity index (χ2n) is 3.85. The van der Waals surface area contributed by atoms with E-state index in [0.717, 1.165) is 18.7 Å². The van der Waals surface area contributed by atoms with E-state index >= 15 is 0 Å². The molecule has 1 rings (SSSR count). The number of nitrogens with zero attached hydrogens (tertiary/aromatic N) is 1. The van der Waals surface area contributed by atoms with Crippen LogP contribution in [0.2, 0.25) is 0 Å². The van der Waals surface area contributed by atoms with Gasteiger partial charge in [-0.15, -0.1) is 0 Å². The number of rotatable bonds is 6. The molecule has 0 N–H and O–H groups in total. The Kier molecular flexibility index (Phi) is 5.20. The van der Waals surface area contributed by atoms with Crippen LogP contribution in [0.3, 0.4) is 0 Å². The van der Waals surface area contributed by atoms with Crippen LogP contribution < -0.4 is 0 Å². The molecule has 0 spiro atoms. The Labute approximate surface area is 98.3 Å². The molecule has 88 valence electrons. The number of benzene rings is 1. The van der Waals surface area contributed by atoms with E-state index in [9.17, 15) is 4.79 Å². The molecule has 0 saturated carbocycles. The van der Waals surface area contributed by atoms with Crippen molar-refractivity contribution in [1.82, 2.24) is 4.90 Å². The van der Waals surface area contributed by atoms with Crippen molar-refractivity contribution in [2.24, 2.45) is 0 Å². The maximum atomic E-state index is 12.0. The molecular formula is C14H21NO. The van der Waals surface area contributed by atoms with Crippen LogP contribution in [0, 0.1) is 0 Å². The third kappa shape index (κ3) is 2.92. The molecule has 0 radical (unpaired) electrons. The summed E-state index contributed by atoms with van der Waals surface area (Å²) in [6.45, 7) is 7.94. The molecule has 2 heteroatoms. The number of hydrogen-bond acceptors (Lipinski definition) is 2. The standard InChI is InChI=1S/C14H21NO/c1-4-13(16)14(15(5-2)6-3)12-10-8-7-9-11-12/h7-11,14H,4-6H2,1-3H3/t14-/m1/s1. The van der Waals surface area contributed by atoms with Crippen molar-refractivity contribution in [2.75, 3.05) is 13.1 Å². The molecule has 0 bridgehead atoms. The molecule has 2 nitrogen and oxygen atoms in total. The molecule has 16 heavy (non-hydrogen) atoms. The van der Waals surface area contributed by atoms with Gasteiger partial charge in [0.25, 0.3) is 0 Å². The van der Waals surface area contributed by atoms with Gasteiger partial charge >= 0.3 is 0 Å². The summed E-state index contributed by atoms with van der Waals surface area (Å²) >= 11 is 0. The lowest BCUT2D eigenvalue weighted by Crippen LogP contribution is -2.33. The van der Waals surface area contributed by atoms with Crippen LogP contribution >= 0.6 is 0 Å². The van der Waals surface area contributed by atoms with Crippen LogP contribution in [0.4, 0.5) is 0 Å². The fourth-order valence-corrected chi connectivity index (χ4v) is 2.02. The first kappa shape index (κ1) is 12.9. The lowest BCUT2D eigenvalue weighted by atomic mass is 9.99. The van der Waals surface area contributed by atoms with Gasteiger partial charge in [0.15, 0.2) is 5.78 Å². The molecule has 1 aromatic rings. The van der Waals surface area contributed by atoms with E-state index in [1.54, 1.807) is 0 Å². The van der Waals surface area contributed by atoms with Gasteiger partial charge in [0.05, 0.1) is 6.04 Å². The van der Waals surface area contributed by atoms with Gasteiger partial charge in [0.2, 0.25) is 0 Å². The number of carbonyl (C=O) groups excluding carboxylic acids is 1. The third-order valence-electron chi connectivity index (χ3n) is 2.95. The molecule has 0 aliphatic carbocycles. The Morgan fingerprint density at radius 1 is 1.12 bits per heavy atom.